The van der Waals surface area contributed by atoms with Crippen molar-refractivity contribution in [2.45, 2.75) is 25.3 Å². The lowest BCUT2D eigenvalue weighted by molar-refractivity contribution is -0.132. The molecule has 0 aliphatic carbocycles. The second kappa shape index (κ2) is 5.18. The predicted octanol–water partition coefficient (Wildman–Crippen LogP) is -1.41. The molecule has 1 saturated heterocycles. The molecule has 0 bridgehead atoms. The van der Waals surface area contributed by atoms with Gasteiger partial charge in [-0.2, -0.15) is 0 Å². The lowest BCUT2D eigenvalue weighted by Gasteiger charge is -2.22. The fourth-order valence-corrected chi connectivity index (χ4v) is 2.23. The topological polar surface area (TPSA) is 106 Å². The first-order valence-corrected chi connectivity index (χ1v) is 5.83. The third-order valence-electron chi connectivity index (χ3n) is 3.07. The molecule has 1 aromatic heterocycles. The number of nitrogens with zero attached hydrogens (tertiary/aromatic N) is 1. The molecular formula is C11H15N3O4. The molecule has 1 fully saturated rings. The van der Waals surface area contributed by atoms with Crippen LogP contribution >= 0.6 is 0 Å². The SMILES string of the molecule is O=C(Cc1cc(=O)[nH]c(=O)[nH]1)N1CCCC1CO. The van der Waals surface area contributed by atoms with Gasteiger partial charge < -0.3 is 15.0 Å². The van der Waals surface area contributed by atoms with Gasteiger partial charge in [-0.15, -0.1) is 0 Å². The maximum atomic E-state index is 12.0. The quantitative estimate of drug-likeness (QED) is 0.615. The third kappa shape index (κ3) is 2.67. The van der Waals surface area contributed by atoms with E-state index in [-0.39, 0.29) is 30.7 Å². The number of nitrogens with one attached hydrogen (secondary N) is 2. The highest BCUT2D eigenvalue weighted by Crippen LogP contribution is 2.17. The number of amides is 1. The van der Waals surface area contributed by atoms with Gasteiger partial charge in [0, 0.05) is 18.3 Å². The largest absolute Gasteiger partial charge is 0.394 e. The third-order valence-corrected chi connectivity index (χ3v) is 3.07. The number of carbonyl (C=O) groups excluding carboxylic acids is 1. The van der Waals surface area contributed by atoms with E-state index in [2.05, 4.69) is 4.98 Å². The van der Waals surface area contributed by atoms with E-state index in [0.717, 1.165) is 12.8 Å². The maximum absolute atomic E-state index is 12.0. The van der Waals surface area contributed by atoms with E-state index >= 15 is 0 Å². The number of likely N-dealkylation sites (tertiary alicyclic amines) is 1. The van der Waals surface area contributed by atoms with Crippen LogP contribution in [0.4, 0.5) is 0 Å². The molecule has 3 N–H and O–H groups in total. The molecule has 1 atom stereocenters. The molecule has 1 aliphatic heterocycles. The summed E-state index contributed by atoms with van der Waals surface area (Å²) in [5, 5.41) is 9.13. The zero-order chi connectivity index (χ0) is 13.1. The van der Waals surface area contributed by atoms with Crippen LogP contribution in [0.2, 0.25) is 0 Å². The number of carbonyl (C=O) groups is 1. The maximum Gasteiger partial charge on any atom is 0.325 e. The van der Waals surface area contributed by atoms with Gasteiger partial charge in [-0.3, -0.25) is 14.6 Å². The number of hydrogen-bond acceptors (Lipinski definition) is 4. The lowest BCUT2D eigenvalue weighted by Crippen LogP contribution is -2.39. The zero-order valence-corrected chi connectivity index (χ0v) is 9.81. The summed E-state index contributed by atoms with van der Waals surface area (Å²) in [6, 6.07) is 1.05. The Morgan fingerprint density at radius 1 is 1.44 bits per heavy atom. The Labute approximate surface area is 102 Å². The van der Waals surface area contributed by atoms with Crippen molar-refractivity contribution in [3.63, 3.8) is 0 Å². The molecule has 0 saturated carbocycles. The highest BCUT2D eigenvalue weighted by Gasteiger charge is 2.27. The van der Waals surface area contributed by atoms with Crippen LogP contribution in [0.15, 0.2) is 15.7 Å². The summed E-state index contributed by atoms with van der Waals surface area (Å²) >= 11 is 0. The minimum atomic E-state index is -0.620. The number of hydrogen-bond donors (Lipinski definition) is 3. The average molecular weight is 253 g/mol. The Morgan fingerprint density at radius 2 is 2.22 bits per heavy atom. The molecule has 2 rings (SSSR count). The van der Waals surface area contributed by atoms with Crippen molar-refractivity contribution >= 4 is 5.91 Å². The van der Waals surface area contributed by atoms with Gasteiger partial charge in [0.1, 0.15) is 0 Å². The summed E-state index contributed by atoms with van der Waals surface area (Å²) in [6.45, 7) is 0.551. The molecule has 1 unspecified atom stereocenters. The molecule has 2 heterocycles. The molecule has 18 heavy (non-hydrogen) atoms. The van der Waals surface area contributed by atoms with Gasteiger partial charge in [-0.1, -0.05) is 0 Å². The van der Waals surface area contributed by atoms with Crippen molar-refractivity contribution < 1.29 is 9.90 Å². The van der Waals surface area contributed by atoms with Crippen LogP contribution in [-0.2, 0) is 11.2 Å². The van der Waals surface area contributed by atoms with Crippen LogP contribution in [-0.4, -0.2) is 45.1 Å². The molecule has 1 aromatic rings. The van der Waals surface area contributed by atoms with Gasteiger partial charge in [0.25, 0.3) is 5.56 Å². The summed E-state index contributed by atoms with van der Waals surface area (Å²) in [4.78, 5) is 40.2. The van der Waals surface area contributed by atoms with Gasteiger partial charge in [-0.05, 0) is 12.8 Å². The molecule has 0 radical (unpaired) electrons. The van der Waals surface area contributed by atoms with E-state index in [4.69, 9.17) is 5.11 Å². The van der Waals surface area contributed by atoms with Gasteiger partial charge in [0.05, 0.1) is 19.1 Å². The van der Waals surface area contributed by atoms with Gasteiger partial charge in [-0.25, -0.2) is 4.79 Å². The van der Waals surface area contributed by atoms with Gasteiger partial charge in [0.15, 0.2) is 0 Å². The molecule has 0 aromatic carbocycles. The van der Waals surface area contributed by atoms with Crippen molar-refractivity contribution in [3.8, 4) is 0 Å². The Hall–Kier alpha value is -1.89. The van der Waals surface area contributed by atoms with Crippen LogP contribution in [0.25, 0.3) is 0 Å². The molecule has 7 nitrogen and oxygen atoms in total. The van der Waals surface area contributed by atoms with E-state index in [9.17, 15) is 14.4 Å². The van der Waals surface area contributed by atoms with Crippen molar-refractivity contribution in [2.75, 3.05) is 13.2 Å². The smallest absolute Gasteiger partial charge is 0.325 e. The minimum absolute atomic E-state index is 0.0321. The average Bonchev–Trinajstić information content (AvgIpc) is 2.75. The first-order valence-electron chi connectivity index (χ1n) is 5.83. The second-order valence-electron chi connectivity index (χ2n) is 4.36. The predicted molar refractivity (Wildman–Crippen MR) is 63.2 cm³/mol. The normalized spacial score (nSPS) is 19.2. The van der Waals surface area contributed by atoms with Crippen LogP contribution in [0.1, 0.15) is 18.5 Å². The summed E-state index contributed by atoms with van der Waals surface area (Å²) in [5.74, 6) is -0.187. The Morgan fingerprint density at radius 3 is 2.89 bits per heavy atom. The monoisotopic (exact) mass is 253 g/mol. The molecule has 0 spiro atoms. The van der Waals surface area contributed by atoms with Crippen LogP contribution in [0.3, 0.4) is 0 Å². The second-order valence-corrected chi connectivity index (χ2v) is 4.36. The standard InChI is InChI=1S/C11H15N3O4/c15-6-8-2-1-3-14(8)10(17)5-7-4-9(16)13-11(18)12-7/h4,8,15H,1-3,5-6H2,(H2,12,13,16,18). The number of aliphatic hydroxyl groups excluding tert-OH is 1. The van der Waals surface area contributed by atoms with Crippen molar-refractivity contribution in [2.24, 2.45) is 0 Å². The molecule has 1 aliphatic rings. The minimum Gasteiger partial charge on any atom is -0.394 e. The van der Waals surface area contributed by atoms with E-state index in [1.807, 2.05) is 4.98 Å². The lowest BCUT2D eigenvalue weighted by atomic mass is 10.2. The summed E-state index contributed by atoms with van der Waals surface area (Å²) in [7, 11) is 0. The summed E-state index contributed by atoms with van der Waals surface area (Å²) < 4.78 is 0. The van der Waals surface area contributed by atoms with E-state index in [1.165, 1.54) is 6.07 Å². The molecule has 98 valence electrons. The summed E-state index contributed by atoms with van der Waals surface area (Å²) in [6.07, 6.45) is 1.62. The number of H-pyrrole nitrogens is 2. The highest BCUT2D eigenvalue weighted by atomic mass is 16.3. The van der Waals surface area contributed by atoms with Crippen molar-refractivity contribution in [1.29, 1.82) is 0 Å². The Kier molecular flexibility index (Phi) is 3.61. The number of aliphatic hydroxyl groups is 1. The van der Waals surface area contributed by atoms with E-state index in [0.29, 0.717) is 6.54 Å². The highest BCUT2D eigenvalue weighted by molar-refractivity contribution is 5.78. The number of aromatic nitrogens is 2. The van der Waals surface area contributed by atoms with E-state index < -0.39 is 11.2 Å². The number of aromatic amines is 2. The Bertz CT molecular complexity index is 519. The zero-order valence-electron chi connectivity index (χ0n) is 9.81. The van der Waals surface area contributed by atoms with Gasteiger partial charge in [0.2, 0.25) is 5.91 Å². The molecular weight excluding hydrogens is 238 g/mol. The van der Waals surface area contributed by atoms with Gasteiger partial charge >= 0.3 is 5.69 Å². The van der Waals surface area contributed by atoms with Crippen molar-refractivity contribution in [3.05, 3.63) is 32.6 Å². The first-order chi connectivity index (χ1) is 8.60. The van der Waals surface area contributed by atoms with Crippen LogP contribution in [0, 0.1) is 0 Å². The number of rotatable bonds is 3. The fraction of sp³-hybridized carbons (Fsp3) is 0.545. The van der Waals surface area contributed by atoms with Crippen molar-refractivity contribution in [1.82, 2.24) is 14.9 Å². The van der Waals surface area contributed by atoms with Crippen LogP contribution < -0.4 is 11.2 Å². The van der Waals surface area contributed by atoms with Crippen LogP contribution in [0.5, 0.6) is 0 Å². The Balaban J connectivity index is 2.11. The summed E-state index contributed by atoms with van der Waals surface area (Å²) in [5.41, 5.74) is -0.857. The molecule has 7 heteroatoms. The molecule has 1 amide bonds. The fourth-order valence-electron chi connectivity index (χ4n) is 2.23. The van der Waals surface area contributed by atoms with E-state index in [1.54, 1.807) is 4.90 Å². The first kappa shape index (κ1) is 12.6.